The van der Waals surface area contributed by atoms with Gasteiger partial charge in [-0.05, 0) is 31.1 Å². The SMILES string of the molecule is CCC(C(=O)O)N(C)C(=O)NC1CCCC(C)(C)C1. The van der Waals surface area contributed by atoms with E-state index >= 15 is 0 Å². The van der Waals surface area contributed by atoms with Crippen molar-refractivity contribution in [2.24, 2.45) is 5.41 Å². The zero-order chi connectivity index (χ0) is 14.6. The standard InChI is InChI=1S/C14H26N2O3/c1-5-11(12(17)18)16(4)13(19)15-10-7-6-8-14(2,3)9-10/h10-11H,5-9H2,1-4H3,(H,15,19)(H,17,18). The first-order valence-electron chi connectivity index (χ1n) is 7.03. The number of nitrogens with one attached hydrogen (secondary N) is 1. The van der Waals surface area contributed by atoms with Gasteiger partial charge in [-0.3, -0.25) is 0 Å². The molecule has 1 aliphatic carbocycles. The van der Waals surface area contributed by atoms with Crippen LogP contribution in [0.15, 0.2) is 0 Å². The van der Waals surface area contributed by atoms with E-state index in [4.69, 9.17) is 5.11 Å². The summed E-state index contributed by atoms with van der Waals surface area (Å²) in [5, 5.41) is 12.0. The smallest absolute Gasteiger partial charge is 0.326 e. The average molecular weight is 270 g/mol. The molecule has 0 aromatic carbocycles. The molecule has 0 aromatic rings. The van der Waals surface area contributed by atoms with Crippen LogP contribution in [-0.2, 0) is 4.79 Å². The van der Waals surface area contributed by atoms with E-state index in [9.17, 15) is 9.59 Å². The number of hydrogen-bond acceptors (Lipinski definition) is 2. The van der Waals surface area contributed by atoms with E-state index in [0.29, 0.717) is 6.42 Å². The van der Waals surface area contributed by atoms with Gasteiger partial charge in [0.05, 0.1) is 0 Å². The number of aliphatic carboxylic acids is 1. The summed E-state index contributed by atoms with van der Waals surface area (Å²) in [4.78, 5) is 24.4. The lowest BCUT2D eigenvalue weighted by Crippen LogP contribution is -2.51. The van der Waals surface area contributed by atoms with E-state index < -0.39 is 12.0 Å². The largest absolute Gasteiger partial charge is 0.480 e. The van der Waals surface area contributed by atoms with E-state index in [1.54, 1.807) is 14.0 Å². The predicted octanol–water partition coefficient (Wildman–Crippen LogP) is 2.46. The van der Waals surface area contributed by atoms with Crippen LogP contribution in [0.4, 0.5) is 4.79 Å². The first kappa shape index (κ1) is 15.8. The molecule has 0 aliphatic heterocycles. The van der Waals surface area contributed by atoms with Crippen molar-refractivity contribution < 1.29 is 14.7 Å². The van der Waals surface area contributed by atoms with Gasteiger partial charge >= 0.3 is 12.0 Å². The summed E-state index contributed by atoms with van der Waals surface area (Å²) in [6.45, 7) is 6.19. The minimum atomic E-state index is -0.955. The fraction of sp³-hybridized carbons (Fsp3) is 0.857. The van der Waals surface area contributed by atoms with Crippen molar-refractivity contribution in [1.82, 2.24) is 10.2 Å². The van der Waals surface area contributed by atoms with Crippen LogP contribution in [0.2, 0.25) is 0 Å². The van der Waals surface area contributed by atoms with Gasteiger partial charge in [0, 0.05) is 13.1 Å². The minimum Gasteiger partial charge on any atom is -0.480 e. The molecule has 0 saturated heterocycles. The predicted molar refractivity (Wildman–Crippen MR) is 74.0 cm³/mol. The number of likely N-dealkylation sites (N-methyl/N-ethyl adjacent to an activating group) is 1. The average Bonchev–Trinajstić information content (AvgIpc) is 2.27. The van der Waals surface area contributed by atoms with Crippen LogP contribution in [0.5, 0.6) is 0 Å². The van der Waals surface area contributed by atoms with Gasteiger partial charge in [-0.25, -0.2) is 9.59 Å². The van der Waals surface area contributed by atoms with E-state index in [-0.39, 0.29) is 17.5 Å². The molecule has 0 radical (unpaired) electrons. The lowest BCUT2D eigenvalue weighted by atomic mass is 9.75. The first-order chi connectivity index (χ1) is 8.76. The summed E-state index contributed by atoms with van der Waals surface area (Å²) < 4.78 is 0. The molecule has 19 heavy (non-hydrogen) atoms. The van der Waals surface area contributed by atoms with Crippen molar-refractivity contribution in [3.05, 3.63) is 0 Å². The minimum absolute atomic E-state index is 0.157. The van der Waals surface area contributed by atoms with E-state index in [1.165, 1.54) is 11.3 Å². The maximum atomic E-state index is 12.1. The highest BCUT2D eigenvalue weighted by atomic mass is 16.4. The Morgan fingerprint density at radius 1 is 1.47 bits per heavy atom. The second-order valence-electron chi connectivity index (χ2n) is 6.28. The van der Waals surface area contributed by atoms with Crippen molar-refractivity contribution in [1.29, 1.82) is 0 Å². The molecule has 2 atom stereocenters. The topological polar surface area (TPSA) is 69.6 Å². The Bertz CT molecular complexity index is 342. The lowest BCUT2D eigenvalue weighted by Gasteiger charge is -2.36. The molecule has 0 bridgehead atoms. The number of nitrogens with zero attached hydrogens (tertiary/aromatic N) is 1. The molecule has 5 nitrogen and oxygen atoms in total. The summed E-state index contributed by atoms with van der Waals surface area (Å²) in [5.41, 5.74) is 0.256. The molecular weight excluding hydrogens is 244 g/mol. The van der Waals surface area contributed by atoms with Crippen LogP contribution in [0.3, 0.4) is 0 Å². The Labute approximate surface area is 115 Å². The number of carbonyl (C=O) groups is 2. The van der Waals surface area contributed by atoms with Gasteiger partial charge in [0.25, 0.3) is 0 Å². The van der Waals surface area contributed by atoms with Crippen molar-refractivity contribution in [3.8, 4) is 0 Å². The van der Waals surface area contributed by atoms with Gasteiger partial charge in [0.2, 0.25) is 0 Å². The van der Waals surface area contributed by atoms with Gasteiger partial charge in [-0.15, -0.1) is 0 Å². The van der Waals surface area contributed by atoms with Crippen molar-refractivity contribution in [2.75, 3.05) is 7.05 Å². The number of carboxylic acids is 1. The number of amides is 2. The summed E-state index contributed by atoms with van der Waals surface area (Å²) in [5.74, 6) is -0.955. The molecule has 1 rings (SSSR count). The Morgan fingerprint density at radius 3 is 2.58 bits per heavy atom. The molecular formula is C14H26N2O3. The molecule has 110 valence electrons. The molecule has 0 heterocycles. The second-order valence-corrected chi connectivity index (χ2v) is 6.28. The van der Waals surface area contributed by atoms with Gasteiger partial charge in [0.1, 0.15) is 6.04 Å². The third-order valence-electron chi connectivity index (χ3n) is 3.99. The summed E-state index contributed by atoms with van der Waals surface area (Å²) in [6, 6.07) is -0.876. The summed E-state index contributed by atoms with van der Waals surface area (Å²) in [6.07, 6.45) is 4.64. The molecule has 0 spiro atoms. The third kappa shape index (κ3) is 4.40. The zero-order valence-corrected chi connectivity index (χ0v) is 12.4. The number of hydrogen-bond donors (Lipinski definition) is 2. The van der Waals surface area contributed by atoms with Crippen molar-refractivity contribution >= 4 is 12.0 Å². The second kappa shape index (κ2) is 6.26. The Morgan fingerprint density at radius 2 is 2.11 bits per heavy atom. The Hall–Kier alpha value is -1.26. The maximum Gasteiger partial charge on any atom is 0.326 e. The number of urea groups is 1. The van der Waals surface area contributed by atoms with Crippen molar-refractivity contribution in [3.63, 3.8) is 0 Å². The number of carbonyl (C=O) groups excluding carboxylic acids is 1. The molecule has 0 aromatic heterocycles. The van der Waals surface area contributed by atoms with E-state index in [0.717, 1.165) is 19.3 Å². The van der Waals surface area contributed by atoms with Crippen LogP contribution in [0.25, 0.3) is 0 Å². The zero-order valence-electron chi connectivity index (χ0n) is 12.4. The monoisotopic (exact) mass is 270 g/mol. The molecule has 2 unspecified atom stereocenters. The van der Waals surface area contributed by atoms with E-state index in [1.807, 2.05) is 0 Å². The molecule has 1 aliphatic rings. The quantitative estimate of drug-likeness (QED) is 0.824. The fourth-order valence-electron chi connectivity index (χ4n) is 2.85. The van der Waals surface area contributed by atoms with Gasteiger partial charge in [-0.1, -0.05) is 27.2 Å². The molecule has 5 heteroatoms. The van der Waals surface area contributed by atoms with Crippen LogP contribution < -0.4 is 5.32 Å². The van der Waals surface area contributed by atoms with Crippen LogP contribution in [0.1, 0.15) is 52.9 Å². The molecule has 1 saturated carbocycles. The van der Waals surface area contributed by atoms with Gasteiger partial charge < -0.3 is 15.3 Å². The highest BCUT2D eigenvalue weighted by Gasteiger charge is 2.31. The number of rotatable bonds is 4. The van der Waals surface area contributed by atoms with E-state index in [2.05, 4.69) is 19.2 Å². The maximum absolute atomic E-state index is 12.1. The Balaban J connectivity index is 2.56. The molecule has 1 fully saturated rings. The van der Waals surface area contributed by atoms with Crippen LogP contribution in [-0.4, -0.2) is 41.1 Å². The summed E-state index contributed by atoms with van der Waals surface area (Å²) in [7, 11) is 1.55. The molecule has 2 amide bonds. The first-order valence-corrected chi connectivity index (χ1v) is 7.03. The van der Waals surface area contributed by atoms with Crippen molar-refractivity contribution in [2.45, 2.75) is 65.0 Å². The van der Waals surface area contributed by atoms with Gasteiger partial charge in [0.15, 0.2) is 0 Å². The normalized spacial score (nSPS) is 23.5. The third-order valence-corrected chi connectivity index (χ3v) is 3.99. The number of carboxylic acid groups (broad SMARTS) is 1. The highest BCUT2D eigenvalue weighted by Crippen LogP contribution is 2.35. The Kier molecular flexibility index (Phi) is 5.20. The van der Waals surface area contributed by atoms with Gasteiger partial charge in [-0.2, -0.15) is 0 Å². The highest BCUT2D eigenvalue weighted by molar-refractivity contribution is 5.82. The van der Waals surface area contributed by atoms with Crippen LogP contribution >= 0.6 is 0 Å². The molecule has 2 N–H and O–H groups in total. The lowest BCUT2D eigenvalue weighted by molar-refractivity contribution is -0.141. The fourth-order valence-corrected chi connectivity index (χ4v) is 2.85. The van der Waals surface area contributed by atoms with Crippen LogP contribution in [0, 0.1) is 5.41 Å². The summed E-state index contributed by atoms with van der Waals surface area (Å²) >= 11 is 0.